The van der Waals surface area contributed by atoms with Gasteiger partial charge in [-0.1, -0.05) is 0 Å². The van der Waals surface area contributed by atoms with Crippen LogP contribution in [0.4, 0.5) is 0 Å². The molecule has 1 heterocycles. The fraction of sp³-hybridized carbons (Fsp3) is 0.375. The molecule has 114 valence electrons. The normalized spacial score (nSPS) is 12.0. The van der Waals surface area contributed by atoms with E-state index in [2.05, 4.69) is 23.0 Å². The van der Waals surface area contributed by atoms with E-state index in [4.69, 9.17) is 14.2 Å². The fourth-order valence-electron chi connectivity index (χ4n) is 2.50. The van der Waals surface area contributed by atoms with Gasteiger partial charge in [-0.05, 0) is 48.0 Å². The molecule has 0 bridgehead atoms. The van der Waals surface area contributed by atoms with E-state index in [0.29, 0.717) is 17.2 Å². The summed E-state index contributed by atoms with van der Waals surface area (Å²) in [5.74, 6) is 1.97. The van der Waals surface area contributed by atoms with Gasteiger partial charge < -0.3 is 19.5 Å². The predicted octanol–water partition coefficient (Wildman–Crippen LogP) is 3.39. The Morgan fingerprint density at radius 1 is 0.952 bits per heavy atom. The van der Waals surface area contributed by atoms with E-state index in [1.807, 2.05) is 19.2 Å². The molecule has 0 aliphatic rings. The Kier molecular flexibility index (Phi) is 5.09. The van der Waals surface area contributed by atoms with E-state index in [1.54, 1.807) is 32.7 Å². The third-order valence-electron chi connectivity index (χ3n) is 3.54. The second-order valence-corrected chi connectivity index (χ2v) is 5.40. The van der Waals surface area contributed by atoms with Crippen LogP contribution in [0.2, 0.25) is 0 Å². The van der Waals surface area contributed by atoms with Crippen LogP contribution in [0.25, 0.3) is 0 Å². The molecule has 2 rings (SSSR count). The van der Waals surface area contributed by atoms with E-state index in [0.717, 1.165) is 5.56 Å². The molecular formula is C16H21NO3S. The summed E-state index contributed by atoms with van der Waals surface area (Å²) >= 11 is 1.70. The number of methoxy groups -OCH3 is 3. The van der Waals surface area contributed by atoms with Crippen LogP contribution in [0.5, 0.6) is 17.2 Å². The molecule has 0 radical (unpaired) electrons. The average molecular weight is 307 g/mol. The smallest absolute Gasteiger partial charge is 0.203 e. The Bertz CT molecular complexity index is 610. The fourth-order valence-corrected chi connectivity index (χ4v) is 3.37. The SMILES string of the molecule is CNC(c1cscc1C)c1ccc(OC)c(OC)c1OC. The lowest BCUT2D eigenvalue weighted by Crippen LogP contribution is -2.19. The maximum atomic E-state index is 5.59. The molecule has 0 aliphatic carbocycles. The second-order valence-electron chi connectivity index (χ2n) is 4.66. The van der Waals surface area contributed by atoms with Gasteiger partial charge in [0.2, 0.25) is 5.75 Å². The summed E-state index contributed by atoms with van der Waals surface area (Å²) in [5.41, 5.74) is 3.53. The quantitative estimate of drug-likeness (QED) is 0.888. The van der Waals surface area contributed by atoms with Gasteiger partial charge in [0.1, 0.15) is 0 Å². The molecule has 0 aliphatic heterocycles. The molecule has 1 aromatic heterocycles. The Morgan fingerprint density at radius 2 is 1.67 bits per heavy atom. The van der Waals surface area contributed by atoms with Gasteiger partial charge >= 0.3 is 0 Å². The molecule has 4 nitrogen and oxygen atoms in total. The van der Waals surface area contributed by atoms with Crippen molar-refractivity contribution < 1.29 is 14.2 Å². The van der Waals surface area contributed by atoms with Crippen LogP contribution >= 0.6 is 11.3 Å². The van der Waals surface area contributed by atoms with Crippen molar-refractivity contribution in [1.29, 1.82) is 0 Å². The number of hydrogen-bond donors (Lipinski definition) is 1. The highest BCUT2D eigenvalue weighted by atomic mass is 32.1. The van der Waals surface area contributed by atoms with Crippen molar-refractivity contribution in [1.82, 2.24) is 5.32 Å². The number of thiophene rings is 1. The number of rotatable bonds is 6. The summed E-state index contributed by atoms with van der Waals surface area (Å²) in [6, 6.07) is 3.97. The Hall–Kier alpha value is -1.72. The summed E-state index contributed by atoms with van der Waals surface area (Å²) in [6.07, 6.45) is 0. The van der Waals surface area contributed by atoms with Gasteiger partial charge in [-0.3, -0.25) is 0 Å². The van der Waals surface area contributed by atoms with Crippen molar-refractivity contribution in [2.75, 3.05) is 28.4 Å². The topological polar surface area (TPSA) is 39.7 Å². The predicted molar refractivity (Wildman–Crippen MR) is 86.1 cm³/mol. The van der Waals surface area contributed by atoms with Gasteiger partial charge in [0, 0.05) is 5.56 Å². The third-order valence-corrected chi connectivity index (χ3v) is 4.42. The van der Waals surface area contributed by atoms with Crippen molar-refractivity contribution in [3.05, 3.63) is 39.6 Å². The molecular weight excluding hydrogens is 286 g/mol. The molecule has 1 atom stereocenters. The van der Waals surface area contributed by atoms with Gasteiger partial charge in [-0.15, -0.1) is 0 Å². The van der Waals surface area contributed by atoms with Crippen molar-refractivity contribution in [2.24, 2.45) is 0 Å². The largest absolute Gasteiger partial charge is 0.493 e. The lowest BCUT2D eigenvalue weighted by molar-refractivity contribution is 0.320. The molecule has 1 N–H and O–H groups in total. The van der Waals surface area contributed by atoms with Crippen LogP contribution in [0, 0.1) is 6.92 Å². The average Bonchev–Trinajstić information content (AvgIpc) is 2.93. The van der Waals surface area contributed by atoms with Gasteiger partial charge in [-0.25, -0.2) is 0 Å². The highest BCUT2D eigenvalue weighted by Crippen LogP contribution is 2.44. The van der Waals surface area contributed by atoms with Crippen LogP contribution in [-0.2, 0) is 0 Å². The van der Waals surface area contributed by atoms with Crippen LogP contribution in [0.3, 0.4) is 0 Å². The molecule has 5 heteroatoms. The summed E-state index contributed by atoms with van der Waals surface area (Å²) in [7, 11) is 6.83. The highest BCUT2D eigenvalue weighted by molar-refractivity contribution is 7.08. The Morgan fingerprint density at radius 3 is 2.14 bits per heavy atom. The number of nitrogens with one attached hydrogen (secondary N) is 1. The first-order chi connectivity index (χ1) is 10.2. The molecule has 0 saturated heterocycles. The molecule has 1 aromatic carbocycles. The zero-order valence-electron chi connectivity index (χ0n) is 13.0. The minimum Gasteiger partial charge on any atom is -0.493 e. The molecule has 0 amide bonds. The number of ether oxygens (including phenoxy) is 3. The van der Waals surface area contributed by atoms with Crippen LogP contribution < -0.4 is 19.5 Å². The second kappa shape index (κ2) is 6.83. The number of hydrogen-bond acceptors (Lipinski definition) is 5. The standard InChI is InChI=1S/C16H21NO3S/c1-10-8-21-9-12(10)14(17-2)11-6-7-13(18-3)16(20-5)15(11)19-4/h6-9,14,17H,1-5H3. The summed E-state index contributed by atoms with van der Waals surface area (Å²) < 4.78 is 16.4. The highest BCUT2D eigenvalue weighted by Gasteiger charge is 2.23. The van der Waals surface area contributed by atoms with Crippen molar-refractivity contribution in [3.8, 4) is 17.2 Å². The number of aryl methyl sites for hydroxylation is 1. The van der Waals surface area contributed by atoms with Gasteiger partial charge in [-0.2, -0.15) is 11.3 Å². The minimum absolute atomic E-state index is 0.0472. The van der Waals surface area contributed by atoms with E-state index >= 15 is 0 Å². The third kappa shape index (κ3) is 2.84. The Labute approximate surface area is 129 Å². The lowest BCUT2D eigenvalue weighted by atomic mass is 9.97. The zero-order valence-corrected chi connectivity index (χ0v) is 13.8. The molecule has 0 saturated carbocycles. The molecule has 2 aromatic rings. The Balaban J connectivity index is 2.59. The zero-order chi connectivity index (χ0) is 15.4. The van der Waals surface area contributed by atoms with Crippen molar-refractivity contribution >= 4 is 11.3 Å². The first-order valence-electron chi connectivity index (χ1n) is 6.66. The van der Waals surface area contributed by atoms with E-state index < -0.39 is 0 Å². The molecule has 1 unspecified atom stereocenters. The van der Waals surface area contributed by atoms with Gasteiger partial charge in [0.15, 0.2) is 11.5 Å². The first-order valence-corrected chi connectivity index (χ1v) is 7.61. The maximum Gasteiger partial charge on any atom is 0.203 e. The van der Waals surface area contributed by atoms with Gasteiger partial charge in [0.05, 0.1) is 27.4 Å². The first kappa shape index (κ1) is 15.7. The molecule has 21 heavy (non-hydrogen) atoms. The van der Waals surface area contributed by atoms with Crippen LogP contribution in [-0.4, -0.2) is 28.4 Å². The van der Waals surface area contributed by atoms with E-state index in [9.17, 15) is 0 Å². The van der Waals surface area contributed by atoms with Crippen LogP contribution in [0.15, 0.2) is 22.9 Å². The monoisotopic (exact) mass is 307 g/mol. The van der Waals surface area contributed by atoms with Gasteiger partial charge in [0.25, 0.3) is 0 Å². The molecule has 0 spiro atoms. The summed E-state index contributed by atoms with van der Waals surface area (Å²) in [6.45, 7) is 2.11. The summed E-state index contributed by atoms with van der Waals surface area (Å²) in [5, 5.41) is 7.66. The summed E-state index contributed by atoms with van der Waals surface area (Å²) in [4.78, 5) is 0. The van der Waals surface area contributed by atoms with Crippen molar-refractivity contribution in [3.63, 3.8) is 0 Å². The van der Waals surface area contributed by atoms with Crippen molar-refractivity contribution in [2.45, 2.75) is 13.0 Å². The van der Waals surface area contributed by atoms with E-state index in [1.165, 1.54) is 11.1 Å². The van der Waals surface area contributed by atoms with Crippen LogP contribution in [0.1, 0.15) is 22.7 Å². The number of benzene rings is 1. The maximum absolute atomic E-state index is 5.59. The minimum atomic E-state index is 0.0472. The van der Waals surface area contributed by atoms with E-state index in [-0.39, 0.29) is 6.04 Å². The lowest BCUT2D eigenvalue weighted by Gasteiger charge is -2.22. The molecule has 0 fully saturated rings.